The molecule has 1 heterocycles. The van der Waals surface area contributed by atoms with Crippen LogP contribution in [0.15, 0.2) is 58.3 Å². The maximum Gasteiger partial charge on any atom is 0.312 e. The molecular formula is C26H28O4S. The summed E-state index contributed by atoms with van der Waals surface area (Å²) in [7, 11) is 0. The molecular weight excluding hydrogens is 408 g/mol. The summed E-state index contributed by atoms with van der Waals surface area (Å²) in [6.45, 7) is 10.5. The molecule has 2 aromatic carbocycles. The molecule has 3 rings (SSSR count). The minimum Gasteiger partial charge on any atom is -0.446 e. The van der Waals surface area contributed by atoms with E-state index in [1.54, 1.807) is 25.6 Å². The Morgan fingerprint density at radius 3 is 1.97 bits per heavy atom. The first kappa shape index (κ1) is 23.0. The van der Waals surface area contributed by atoms with Gasteiger partial charge in [-0.05, 0) is 52.2 Å². The van der Waals surface area contributed by atoms with Crippen LogP contribution in [0.4, 0.5) is 0 Å². The van der Waals surface area contributed by atoms with Crippen LogP contribution in [0, 0.1) is 17.3 Å². The average Bonchev–Trinajstić information content (AvgIpc) is 2.71. The highest BCUT2D eigenvalue weighted by Gasteiger charge is 2.43. The fraction of sp³-hybridized carbons (Fsp3) is 0.385. The van der Waals surface area contributed by atoms with Gasteiger partial charge in [0.2, 0.25) is 5.60 Å². The number of carbonyl (C=O) groups is 2. The van der Waals surface area contributed by atoms with Gasteiger partial charge in [-0.1, -0.05) is 61.0 Å². The van der Waals surface area contributed by atoms with Crippen molar-refractivity contribution in [3.05, 3.63) is 59.7 Å². The highest BCUT2D eigenvalue weighted by atomic mass is 32.2. The molecule has 0 fully saturated rings. The van der Waals surface area contributed by atoms with Gasteiger partial charge < -0.3 is 9.47 Å². The molecule has 0 spiro atoms. The minimum atomic E-state index is -1.28. The Morgan fingerprint density at radius 1 is 0.968 bits per heavy atom. The van der Waals surface area contributed by atoms with Crippen LogP contribution >= 0.6 is 11.8 Å². The summed E-state index contributed by atoms with van der Waals surface area (Å²) < 4.78 is 11.7. The van der Waals surface area contributed by atoms with Gasteiger partial charge >= 0.3 is 11.9 Å². The molecule has 0 radical (unpaired) electrons. The zero-order chi connectivity index (χ0) is 22.9. The molecule has 5 heteroatoms. The smallest absolute Gasteiger partial charge is 0.312 e. The predicted molar refractivity (Wildman–Crippen MR) is 122 cm³/mol. The summed E-state index contributed by atoms with van der Waals surface area (Å²) in [4.78, 5) is 26.8. The second-order valence-electron chi connectivity index (χ2n) is 8.76. The third kappa shape index (κ3) is 4.65. The number of rotatable bonds is 4. The first-order valence-electron chi connectivity index (χ1n) is 10.3. The lowest BCUT2D eigenvalue weighted by Gasteiger charge is -2.36. The van der Waals surface area contributed by atoms with Crippen LogP contribution in [0.25, 0.3) is 0 Å². The molecule has 2 aromatic rings. The number of esters is 2. The number of benzene rings is 2. The van der Waals surface area contributed by atoms with Crippen LogP contribution in [-0.4, -0.2) is 17.5 Å². The largest absolute Gasteiger partial charge is 0.446 e. The van der Waals surface area contributed by atoms with Gasteiger partial charge in [-0.25, -0.2) is 0 Å². The Balaban J connectivity index is 2.15. The summed E-state index contributed by atoms with van der Waals surface area (Å²) in [5, 5.41) is 0. The first-order valence-corrected chi connectivity index (χ1v) is 11.2. The zero-order valence-corrected chi connectivity index (χ0v) is 19.7. The molecule has 0 saturated heterocycles. The highest BCUT2D eigenvalue weighted by molar-refractivity contribution is 7.99. The second-order valence-corrected chi connectivity index (χ2v) is 9.84. The van der Waals surface area contributed by atoms with E-state index in [9.17, 15) is 9.59 Å². The number of hydrogen-bond donors (Lipinski definition) is 0. The Bertz CT molecular complexity index is 1030. The molecule has 1 aliphatic heterocycles. The van der Waals surface area contributed by atoms with E-state index in [1.807, 2.05) is 69.3 Å². The van der Waals surface area contributed by atoms with Crippen molar-refractivity contribution in [2.45, 2.75) is 69.0 Å². The summed E-state index contributed by atoms with van der Waals surface area (Å²) in [5.41, 5.74) is -1.35. The van der Waals surface area contributed by atoms with Gasteiger partial charge in [-0.15, -0.1) is 0 Å². The van der Waals surface area contributed by atoms with E-state index in [0.717, 1.165) is 20.9 Å². The maximum absolute atomic E-state index is 12.6. The van der Waals surface area contributed by atoms with E-state index in [0.29, 0.717) is 6.42 Å². The Morgan fingerprint density at radius 2 is 1.48 bits per heavy atom. The van der Waals surface area contributed by atoms with E-state index < -0.39 is 22.6 Å². The molecule has 1 aliphatic rings. The molecule has 0 atom stereocenters. The Hall–Kier alpha value is -2.71. The van der Waals surface area contributed by atoms with Crippen LogP contribution in [0.1, 0.15) is 59.1 Å². The Labute approximate surface area is 188 Å². The first-order chi connectivity index (χ1) is 14.5. The number of carbonyl (C=O) groups excluding carboxylic acids is 2. The monoisotopic (exact) mass is 436 g/mol. The number of hydrogen-bond acceptors (Lipinski definition) is 5. The molecule has 0 unspecified atom stereocenters. The maximum atomic E-state index is 12.6. The fourth-order valence-electron chi connectivity index (χ4n) is 3.22. The topological polar surface area (TPSA) is 52.6 Å². The van der Waals surface area contributed by atoms with Gasteiger partial charge in [0.25, 0.3) is 0 Å². The standard InChI is InChI=1S/C26H28O4S/c1-7-24(3,4)23(28)30-25(5,6)16-17-26(29-18(2)27)19-12-8-10-14-21(19)31-22-15-11-9-13-20(22)26/h8-15H,7H2,1-6H3. The van der Waals surface area contributed by atoms with E-state index >= 15 is 0 Å². The van der Waals surface area contributed by atoms with Crippen molar-refractivity contribution in [1.29, 1.82) is 0 Å². The van der Waals surface area contributed by atoms with Crippen molar-refractivity contribution < 1.29 is 19.1 Å². The van der Waals surface area contributed by atoms with E-state index in [2.05, 4.69) is 11.8 Å². The highest BCUT2D eigenvalue weighted by Crippen LogP contribution is 2.49. The van der Waals surface area contributed by atoms with Crippen LogP contribution in [0.5, 0.6) is 0 Å². The van der Waals surface area contributed by atoms with Gasteiger partial charge in [0.1, 0.15) is 0 Å². The minimum absolute atomic E-state index is 0.309. The lowest BCUT2D eigenvalue weighted by Crippen LogP contribution is -2.37. The summed E-state index contributed by atoms with van der Waals surface area (Å²) in [6, 6.07) is 15.5. The van der Waals surface area contributed by atoms with Crippen molar-refractivity contribution in [2.75, 3.05) is 0 Å². The summed E-state index contributed by atoms with van der Waals surface area (Å²) in [6.07, 6.45) is 0.657. The molecule has 0 aromatic heterocycles. The summed E-state index contributed by atoms with van der Waals surface area (Å²) in [5.74, 6) is 5.57. The normalized spacial score (nSPS) is 14.4. The quantitative estimate of drug-likeness (QED) is 0.453. The third-order valence-corrected chi connectivity index (χ3v) is 6.53. The van der Waals surface area contributed by atoms with Crippen LogP contribution in [-0.2, 0) is 24.7 Å². The fourth-order valence-corrected chi connectivity index (χ4v) is 4.39. The van der Waals surface area contributed by atoms with Gasteiger partial charge in [0, 0.05) is 27.8 Å². The van der Waals surface area contributed by atoms with Crippen molar-refractivity contribution in [2.24, 2.45) is 5.41 Å². The van der Waals surface area contributed by atoms with Crippen molar-refractivity contribution in [1.82, 2.24) is 0 Å². The molecule has 0 bridgehead atoms. The van der Waals surface area contributed by atoms with E-state index in [4.69, 9.17) is 9.47 Å². The Kier molecular flexibility index (Phi) is 6.25. The molecule has 31 heavy (non-hydrogen) atoms. The average molecular weight is 437 g/mol. The van der Waals surface area contributed by atoms with E-state index in [1.165, 1.54) is 6.92 Å². The molecule has 0 aliphatic carbocycles. The van der Waals surface area contributed by atoms with Crippen LogP contribution < -0.4 is 0 Å². The van der Waals surface area contributed by atoms with Crippen molar-refractivity contribution in [3.8, 4) is 11.8 Å². The molecule has 4 nitrogen and oxygen atoms in total. The number of ether oxygens (including phenoxy) is 2. The molecule has 0 saturated carbocycles. The van der Waals surface area contributed by atoms with Crippen LogP contribution in [0.2, 0.25) is 0 Å². The zero-order valence-electron chi connectivity index (χ0n) is 18.9. The number of fused-ring (bicyclic) bond motifs is 2. The van der Waals surface area contributed by atoms with Gasteiger partial charge in [0.05, 0.1) is 5.41 Å². The lowest BCUT2D eigenvalue weighted by molar-refractivity contribution is -0.162. The third-order valence-electron chi connectivity index (χ3n) is 5.37. The molecule has 0 amide bonds. The van der Waals surface area contributed by atoms with Crippen molar-refractivity contribution in [3.63, 3.8) is 0 Å². The summed E-state index contributed by atoms with van der Waals surface area (Å²) >= 11 is 1.62. The van der Waals surface area contributed by atoms with Gasteiger partial charge in [-0.3, -0.25) is 9.59 Å². The van der Waals surface area contributed by atoms with Gasteiger partial charge in [-0.2, -0.15) is 0 Å². The molecule has 162 valence electrons. The van der Waals surface area contributed by atoms with Gasteiger partial charge in [0.15, 0.2) is 5.60 Å². The van der Waals surface area contributed by atoms with E-state index in [-0.39, 0.29) is 5.97 Å². The second kappa shape index (κ2) is 8.43. The van der Waals surface area contributed by atoms with Crippen LogP contribution in [0.3, 0.4) is 0 Å². The van der Waals surface area contributed by atoms with Crippen molar-refractivity contribution >= 4 is 23.7 Å². The molecule has 0 N–H and O–H groups in total. The lowest BCUT2D eigenvalue weighted by atomic mass is 9.85. The SMILES string of the molecule is CCC(C)(C)C(=O)OC(C)(C)C#CC1(OC(C)=O)c2ccccc2Sc2ccccc21. The predicted octanol–water partition coefficient (Wildman–Crippen LogP) is 5.72.